The summed E-state index contributed by atoms with van der Waals surface area (Å²) in [6.45, 7) is 4.22. The third-order valence-electron chi connectivity index (χ3n) is 2.32. The van der Waals surface area contributed by atoms with Gasteiger partial charge in [0, 0.05) is 6.42 Å². The van der Waals surface area contributed by atoms with Crippen LogP contribution in [0.2, 0.25) is 0 Å². The minimum Gasteiger partial charge on any atom is -0.481 e. The first-order valence-corrected chi connectivity index (χ1v) is 5.38. The number of rotatable bonds is 8. The van der Waals surface area contributed by atoms with Gasteiger partial charge in [0.25, 0.3) is 0 Å². The summed E-state index contributed by atoms with van der Waals surface area (Å²) in [5.41, 5.74) is 0. The van der Waals surface area contributed by atoms with Crippen molar-refractivity contribution in [3.8, 4) is 0 Å². The second-order valence-electron chi connectivity index (χ2n) is 3.91. The number of hydrogen-bond acceptors (Lipinski definition) is 1. The van der Waals surface area contributed by atoms with Gasteiger partial charge in [-0.25, -0.2) is 0 Å². The van der Waals surface area contributed by atoms with Crippen LogP contribution in [0.25, 0.3) is 0 Å². The second kappa shape index (κ2) is 10.6. The van der Waals surface area contributed by atoms with Crippen molar-refractivity contribution in [2.75, 3.05) is 0 Å². The molecule has 0 aromatic heterocycles. The molecular formula is C12H26O2. The van der Waals surface area contributed by atoms with E-state index in [4.69, 9.17) is 5.11 Å². The first kappa shape index (κ1) is 15.9. The maximum absolute atomic E-state index is 10.3. The normalized spacial score (nSPS) is 11.9. The monoisotopic (exact) mass is 202 g/mol. The molecule has 0 aliphatic rings. The highest BCUT2D eigenvalue weighted by molar-refractivity contribution is 5.66. The zero-order valence-electron chi connectivity index (χ0n) is 8.88. The number of carbonyl (C=O) groups is 1. The van der Waals surface area contributed by atoms with E-state index in [0.29, 0.717) is 12.3 Å². The highest BCUT2D eigenvalue weighted by atomic mass is 16.4. The molecule has 0 aliphatic heterocycles. The van der Waals surface area contributed by atoms with E-state index in [1.165, 1.54) is 32.1 Å². The molecular weight excluding hydrogens is 176 g/mol. The predicted octanol–water partition coefficient (Wildman–Crippen LogP) is 4.09. The van der Waals surface area contributed by atoms with Gasteiger partial charge in [0.2, 0.25) is 0 Å². The van der Waals surface area contributed by atoms with E-state index in [1.54, 1.807) is 0 Å². The third-order valence-corrected chi connectivity index (χ3v) is 2.32. The quantitative estimate of drug-likeness (QED) is 0.602. The topological polar surface area (TPSA) is 37.3 Å². The Morgan fingerprint density at radius 2 is 1.79 bits per heavy atom. The molecule has 0 heterocycles. The molecule has 1 atom stereocenters. The molecule has 0 amide bonds. The molecule has 0 spiro atoms. The summed E-state index contributed by atoms with van der Waals surface area (Å²) in [7, 11) is 0. The van der Waals surface area contributed by atoms with Crippen molar-refractivity contribution in [2.45, 2.75) is 66.2 Å². The van der Waals surface area contributed by atoms with Crippen molar-refractivity contribution in [1.29, 1.82) is 0 Å². The van der Waals surface area contributed by atoms with E-state index in [9.17, 15) is 4.79 Å². The maximum atomic E-state index is 10.3. The van der Waals surface area contributed by atoms with Crippen LogP contribution in [0.15, 0.2) is 0 Å². The Morgan fingerprint density at radius 3 is 2.29 bits per heavy atom. The van der Waals surface area contributed by atoms with Crippen molar-refractivity contribution in [2.24, 2.45) is 5.92 Å². The van der Waals surface area contributed by atoms with Crippen LogP contribution < -0.4 is 0 Å². The van der Waals surface area contributed by atoms with Gasteiger partial charge >= 0.3 is 5.97 Å². The summed E-state index contributed by atoms with van der Waals surface area (Å²) in [4.78, 5) is 10.3. The molecule has 0 bridgehead atoms. The van der Waals surface area contributed by atoms with Crippen molar-refractivity contribution in [1.82, 2.24) is 0 Å². The van der Waals surface area contributed by atoms with Crippen LogP contribution in [0.1, 0.15) is 66.2 Å². The highest BCUT2D eigenvalue weighted by Gasteiger charge is 2.06. The Balaban J connectivity index is 0. The lowest BCUT2D eigenvalue weighted by Crippen LogP contribution is -2.03. The van der Waals surface area contributed by atoms with Crippen LogP contribution in [0.5, 0.6) is 0 Å². The van der Waals surface area contributed by atoms with Gasteiger partial charge in [-0.2, -0.15) is 0 Å². The molecule has 0 radical (unpaired) electrons. The smallest absolute Gasteiger partial charge is 0.303 e. The van der Waals surface area contributed by atoms with Crippen molar-refractivity contribution in [3.05, 3.63) is 0 Å². The first-order valence-electron chi connectivity index (χ1n) is 5.38. The van der Waals surface area contributed by atoms with Crippen LogP contribution in [-0.2, 0) is 4.79 Å². The number of aliphatic carboxylic acids is 1. The van der Waals surface area contributed by atoms with E-state index < -0.39 is 5.97 Å². The molecule has 1 unspecified atom stereocenters. The SMILES string of the molecule is C.CCCCCCCC(C)CC(=O)O. The van der Waals surface area contributed by atoms with Gasteiger partial charge in [0.1, 0.15) is 0 Å². The third kappa shape index (κ3) is 11.5. The van der Waals surface area contributed by atoms with Gasteiger partial charge in [-0.05, 0) is 5.92 Å². The molecule has 0 saturated carbocycles. The predicted molar refractivity (Wildman–Crippen MR) is 61.5 cm³/mol. The Morgan fingerprint density at radius 1 is 1.21 bits per heavy atom. The zero-order valence-corrected chi connectivity index (χ0v) is 8.88. The molecule has 14 heavy (non-hydrogen) atoms. The Hall–Kier alpha value is -0.530. The van der Waals surface area contributed by atoms with Crippen molar-refractivity contribution < 1.29 is 9.90 Å². The molecule has 86 valence electrons. The lowest BCUT2D eigenvalue weighted by Gasteiger charge is -2.07. The average molecular weight is 202 g/mol. The second-order valence-corrected chi connectivity index (χ2v) is 3.91. The molecule has 0 aromatic carbocycles. The Kier molecular flexibility index (Phi) is 12.0. The number of unbranched alkanes of at least 4 members (excludes halogenated alkanes) is 4. The van der Waals surface area contributed by atoms with Gasteiger partial charge in [-0.1, -0.05) is 59.8 Å². The molecule has 2 nitrogen and oxygen atoms in total. The summed E-state index contributed by atoms with van der Waals surface area (Å²) >= 11 is 0. The number of carboxylic acid groups (broad SMARTS) is 1. The number of hydrogen-bond donors (Lipinski definition) is 1. The molecule has 0 fully saturated rings. The van der Waals surface area contributed by atoms with E-state index in [0.717, 1.165) is 6.42 Å². The Bertz CT molecular complexity index is 132. The van der Waals surface area contributed by atoms with Gasteiger partial charge < -0.3 is 5.11 Å². The van der Waals surface area contributed by atoms with E-state index >= 15 is 0 Å². The molecule has 0 aromatic rings. The summed E-state index contributed by atoms with van der Waals surface area (Å²) in [6.07, 6.45) is 7.73. The van der Waals surface area contributed by atoms with Crippen molar-refractivity contribution in [3.63, 3.8) is 0 Å². The number of carboxylic acids is 1. The van der Waals surface area contributed by atoms with E-state index in [-0.39, 0.29) is 7.43 Å². The van der Waals surface area contributed by atoms with E-state index in [1.807, 2.05) is 6.92 Å². The molecule has 0 rings (SSSR count). The maximum Gasteiger partial charge on any atom is 0.303 e. The van der Waals surface area contributed by atoms with Gasteiger partial charge in [-0.3, -0.25) is 4.79 Å². The lowest BCUT2D eigenvalue weighted by atomic mass is 9.99. The highest BCUT2D eigenvalue weighted by Crippen LogP contribution is 2.13. The van der Waals surface area contributed by atoms with Crippen LogP contribution in [0.3, 0.4) is 0 Å². The van der Waals surface area contributed by atoms with Crippen LogP contribution in [0, 0.1) is 5.92 Å². The Labute approximate surface area is 88.7 Å². The van der Waals surface area contributed by atoms with Gasteiger partial charge in [0.05, 0.1) is 0 Å². The fraction of sp³-hybridized carbons (Fsp3) is 0.917. The fourth-order valence-corrected chi connectivity index (χ4v) is 1.50. The minimum atomic E-state index is -0.666. The summed E-state index contributed by atoms with van der Waals surface area (Å²) < 4.78 is 0. The minimum absolute atomic E-state index is 0. The van der Waals surface area contributed by atoms with Gasteiger partial charge in [0.15, 0.2) is 0 Å². The van der Waals surface area contributed by atoms with Crippen LogP contribution in [-0.4, -0.2) is 11.1 Å². The van der Waals surface area contributed by atoms with Crippen LogP contribution in [0.4, 0.5) is 0 Å². The van der Waals surface area contributed by atoms with Crippen molar-refractivity contribution >= 4 is 5.97 Å². The van der Waals surface area contributed by atoms with Gasteiger partial charge in [-0.15, -0.1) is 0 Å². The molecule has 2 heteroatoms. The summed E-state index contributed by atoms with van der Waals surface area (Å²) in [6, 6.07) is 0. The average Bonchev–Trinajstić information content (AvgIpc) is 2.02. The fourth-order valence-electron chi connectivity index (χ4n) is 1.50. The molecule has 0 aliphatic carbocycles. The summed E-state index contributed by atoms with van der Waals surface area (Å²) in [5.74, 6) is -0.319. The largest absolute Gasteiger partial charge is 0.481 e. The summed E-state index contributed by atoms with van der Waals surface area (Å²) in [5, 5.41) is 8.52. The lowest BCUT2D eigenvalue weighted by molar-refractivity contribution is -0.138. The zero-order chi connectivity index (χ0) is 10.1. The van der Waals surface area contributed by atoms with Crippen LogP contribution >= 0.6 is 0 Å². The standard InChI is InChI=1S/C11H22O2.CH4/c1-3-4-5-6-7-8-10(2)9-11(12)13;/h10H,3-9H2,1-2H3,(H,12,13);1H4. The molecule has 1 N–H and O–H groups in total. The molecule has 0 saturated heterocycles. The first-order chi connectivity index (χ1) is 6.16. The van der Waals surface area contributed by atoms with E-state index in [2.05, 4.69) is 6.92 Å².